The van der Waals surface area contributed by atoms with E-state index in [2.05, 4.69) is 0 Å². The van der Waals surface area contributed by atoms with Crippen LogP contribution in [0.3, 0.4) is 0 Å². The number of methoxy groups -OCH3 is 1. The number of hydrogen-bond donors (Lipinski definition) is 1. The van der Waals surface area contributed by atoms with Crippen molar-refractivity contribution in [3.63, 3.8) is 0 Å². The highest BCUT2D eigenvalue weighted by Gasteiger charge is 2.35. The maximum atomic E-state index is 12.1. The van der Waals surface area contributed by atoms with E-state index in [4.69, 9.17) is 14.8 Å². The number of rotatable bonds is 5. The van der Waals surface area contributed by atoms with Crippen LogP contribution in [0.25, 0.3) is 0 Å². The van der Waals surface area contributed by atoms with E-state index in [0.29, 0.717) is 5.06 Å². The second-order valence-electron chi connectivity index (χ2n) is 4.38. The van der Waals surface area contributed by atoms with Crippen molar-refractivity contribution < 1.29 is 19.5 Å². The molecular weight excluding hydrogens is 278 g/mol. The number of fused-ring (bicyclic) bond motifs is 1. The predicted octanol–water partition coefficient (Wildman–Crippen LogP) is 0.168. The van der Waals surface area contributed by atoms with E-state index >= 15 is 0 Å². The van der Waals surface area contributed by atoms with E-state index in [1.165, 1.54) is 19.2 Å². The highest BCUT2D eigenvalue weighted by molar-refractivity contribution is 6.05. The Morgan fingerprint density at radius 3 is 2.71 bits per heavy atom. The summed E-state index contributed by atoms with van der Waals surface area (Å²) in [4.78, 5) is 17.4. The van der Waals surface area contributed by atoms with E-state index < -0.39 is 18.1 Å². The van der Waals surface area contributed by atoms with Crippen LogP contribution in [0.2, 0.25) is 0 Å². The molecule has 0 bridgehead atoms. The average molecular weight is 292 g/mol. The fourth-order valence-corrected chi connectivity index (χ4v) is 1.93. The van der Waals surface area contributed by atoms with Gasteiger partial charge in [-0.15, -0.1) is 0 Å². The molecule has 1 N–H and O–H groups in total. The number of anilines is 2. The number of amides is 1. The lowest BCUT2D eigenvalue weighted by atomic mass is 10.1. The normalized spacial score (nSPS) is 19.1. The molecule has 1 amide bonds. The monoisotopic (exact) mass is 292 g/mol. The lowest BCUT2D eigenvalue weighted by Gasteiger charge is -2.43. The molecule has 2 unspecified atom stereocenters. The van der Waals surface area contributed by atoms with Crippen LogP contribution in [0.4, 0.5) is 11.4 Å². The summed E-state index contributed by atoms with van der Waals surface area (Å²) in [6.45, 7) is -0.163. The van der Waals surface area contributed by atoms with Crippen LogP contribution in [0.15, 0.2) is 24.3 Å². The molecular formula is C13H14N3O5-. The summed E-state index contributed by atoms with van der Waals surface area (Å²) in [5, 5.41) is 31.7. The van der Waals surface area contributed by atoms with Gasteiger partial charge in [-0.05, 0) is 12.1 Å². The minimum absolute atomic E-state index is 0.0407. The van der Waals surface area contributed by atoms with Gasteiger partial charge in [0.15, 0.2) is 6.04 Å². The van der Waals surface area contributed by atoms with Gasteiger partial charge in [0.25, 0.3) is 5.91 Å². The van der Waals surface area contributed by atoms with Crippen LogP contribution in [-0.4, -0.2) is 43.5 Å². The first-order valence-corrected chi connectivity index (χ1v) is 6.19. The molecule has 0 saturated heterocycles. The van der Waals surface area contributed by atoms with Gasteiger partial charge in [0.1, 0.15) is 12.7 Å². The number of nitriles is 1. The molecule has 1 aliphatic heterocycles. The molecule has 2 rings (SSSR count). The first-order chi connectivity index (χ1) is 10.1. The molecule has 0 radical (unpaired) electrons. The first kappa shape index (κ1) is 15.2. The number of aliphatic hydroxyl groups is 1. The number of hydroxylamine groups is 2. The summed E-state index contributed by atoms with van der Waals surface area (Å²) in [5.41, 5.74) is 0.387. The van der Waals surface area contributed by atoms with Crippen LogP contribution in [0, 0.1) is 16.5 Å². The zero-order valence-electron chi connectivity index (χ0n) is 11.3. The standard InChI is InChI=1S/C13H14N3O5/c1-20-7-9(17)8-21-16-11-5-3-2-4-10(11)15(19)12(6-14)13(16)18/h2-5,9,12,17H,7-8H2,1H3/q-1. The van der Waals surface area contributed by atoms with Crippen molar-refractivity contribution in [2.24, 2.45) is 0 Å². The Labute approximate surface area is 121 Å². The summed E-state index contributed by atoms with van der Waals surface area (Å²) in [6.07, 6.45) is -0.930. The Morgan fingerprint density at radius 1 is 1.43 bits per heavy atom. The Balaban J connectivity index is 2.25. The van der Waals surface area contributed by atoms with Crippen molar-refractivity contribution in [1.82, 2.24) is 0 Å². The summed E-state index contributed by atoms with van der Waals surface area (Å²) < 4.78 is 4.76. The summed E-state index contributed by atoms with van der Waals surface area (Å²) in [6, 6.07) is 6.39. The van der Waals surface area contributed by atoms with Gasteiger partial charge >= 0.3 is 0 Å². The molecule has 0 spiro atoms. The molecule has 0 aromatic heterocycles. The van der Waals surface area contributed by atoms with Gasteiger partial charge in [-0.1, -0.05) is 12.1 Å². The number of benzene rings is 1. The minimum atomic E-state index is -1.51. The molecule has 0 fully saturated rings. The lowest BCUT2D eigenvalue weighted by Crippen LogP contribution is -2.51. The van der Waals surface area contributed by atoms with Gasteiger partial charge in [-0.3, -0.25) is 9.63 Å². The molecule has 8 nitrogen and oxygen atoms in total. The van der Waals surface area contributed by atoms with Gasteiger partial charge in [-0.2, -0.15) is 10.3 Å². The van der Waals surface area contributed by atoms with E-state index in [1.54, 1.807) is 18.2 Å². The van der Waals surface area contributed by atoms with Crippen molar-refractivity contribution in [3.8, 4) is 6.07 Å². The van der Waals surface area contributed by atoms with E-state index in [-0.39, 0.29) is 24.6 Å². The van der Waals surface area contributed by atoms with E-state index in [9.17, 15) is 15.1 Å². The third-order valence-electron chi connectivity index (χ3n) is 2.88. The lowest BCUT2D eigenvalue weighted by molar-refractivity contribution is -0.128. The quantitative estimate of drug-likeness (QED) is 0.823. The molecule has 1 aromatic rings. The van der Waals surface area contributed by atoms with Crippen LogP contribution < -0.4 is 10.1 Å². The summed E-state index contributed by atoms with van der Waals surface area (Å²) >= 11 is 0. The molecule has 1 heterocycles. The average Bonchev–Trinajstić information content (AvgIpc) is 2.48. The highest BCUT2D eigenvalue weighted by atomic mass is 16.7. The number of para-hydroxylation sites is 2. The second kappa shape index (κ2) is 6.51. The van der Waals surface area contributed by atoms with Crippen molar-refractivity contribution in [3.05, 3.63) is 29.5 Å². The molecule has 21 heavy (non-hydrogen) atoms. The Morgan fingerprint density at radius 2 is 2.10 bits per heavy atom. The number of carbonyl (C=O) groups excluding carboxylic acids is 1. The molecule has 1 aromatic carbocycles. The van der Waals surface area contributed by atoms with E-state index in [0.717, 1.165) is 5.06 Å². The second-order valence-corrected chi connectivity index (χ2v) is 4.38. The Hall–Kier alpha value is -2.18. The molecule has 0 saturated carbocycles. The van der Waals surface area contributed by atoms with Crippen molar-refractivity contribution in [2.45, 2.75) is 12.1 Å². The zero-order chi connectivity index (χ0) is 15.4. The van der Waals surface area contributed by atoms with Crippen LogP contribution >= 0.6 is 0 Å². The van der Waals surface area contributed by atoms with E-state index in [1.807, 2.05) is 0 Å². The van der Waals surface area contributed by atoms with Gasteiger partial charge < -0.3 is 20.1 Å². The third kappa shape index (κ3) is 2.96. The van der Waals surface area contributed by atoms with Crippen LogP contribution in [0.5, 0.6) is 0 Å². The minimum Gasteiger partial charge on any atom is -0.757 e. The largest absolute Gasteiger partial charge is 0.757 e. The van der Waals surface area contributed by atoms with Gasteiger partial charge in [0.2, 0.25) is 0 Å². The van der Waals surface area contributed by atoms with Crippen LogP contribution in [0.1, 0.15) is 0 Å². The maximum Gasteiger partial charge on any atom is 0.287 e. The fourth-order valence-electron chi connectivity index (χ4n) is 1.93. The molecule has 112 valence electrons. The number of hydrogen-bond acceptors (Lipinski definition) is 7. The van der Waals surface area contributed by atoms with Gasteiger partial charge in [0, 0.05) is 7.11 Å². The highest BCUT2D eigenvalue weighted by Crippen LogP contribution is 2.35. The van der Waals surface area contributed by atoms with Gasteiger partial charge in [0.05, 0.1) is 24.1 Å². The third-order valence-corrected chi connectivity index (χ3v) is 2.88. The van der Waals surface area contributed by atoms with Crippen molar-refractivity contribution in [1.29, 1.82) is 5.26 Å². The summed E-state index contributed by atoms with van der Waals surface area (Å²) in [7, 11) is 1.42. The molecule has 1 aliphatic rings. The smallest absolute Gasteiger partial charge is 0.287 e. The SMILES string of the molecule is COCC(O)CON1C(=O)C(C#N)N([O-])c2ccccc21. The fraction of sp³-hybridized carbons (Fsp3) is 0.385. The Bertz CT molecular complexity index is 559. The van der Waals surface area contributed by atoms with Crippen LogP contribution in [-0.2, 0) is 14.4 Å². The molecule has 0 aliphatic carbocycles. The predicted molar refractivity (Wildman–Crippen MR) is 73.0 cm³/mol. The summed E-state index contributed by atoms with van der Waals surface area (Å²) in [5.74, 6) is -0.796. The zero-order valence-corrected chi connectivity index (χ0v) is 11.3. The number of nitrogens with zero attached hydrogens (tertiary/aromatic N) is 3. The maximum absolute atomic E-state index is 12.1. The number of ether oxygens (including phenoxy) is 1. The van der Waals surface area contributed by atoms with Crippen molar-refractivity contribution >= 4 is 17.3 Å². The van der Waals surface area contributed by atoms with Crippen molar-refractivity contribution in [2.75, 3.05) is 30.4 Å². The topological polar surface area (TPSA) is 109 Å². The van der Waals surface area contributed by atoms with Gasteiger partial charge in [-0.25, -0.2) is 0 Å². The number of carbonyl (C=O) groups is 1. The number of aliphatic hydroxyl groups excluding tert-OH is 1. The Kier molecular flexibility index (Phi) is 4.72. The molecule has 2 atom stereocenters. The first-order valence-electron chi connectivity index (χ1n) is 6.19. The molecule has 8 heteroatoms.